The molecule has 0 atom stereocenters. The van der Waals surface area contributed by atoms with Crippen molar-refractivity contribution in [1.29, 1.82) is 0 Å². The number of hydrogen-bond donors (Lipinski definition) is 0. The summed E-state index contributed by atoms with van der Waals surface area (Å²) in [5.41, 5.74) is 4.22. The lowest BCUT2D eigenvalue weighted by atomic mass is 9.80. The van der Waals surface area contributed by atoms with Gasteiger partial charge in [-0.05, 0) is 78.5 Å². The van der Waals surface area contributed by atoms with Crippen LogP contribution in [0.25, 0.3) is 21.6 Å². The first-order valence-electron chi connectivity index (χ1n) is 10.3. The van der Waals surface area contributed by atoms with Crippen LogP contribution in [0.1, 0.15) is 54.9 Å². The van der Waals surface area contributed by atoms with Gasteiger partial charge in [-0.25, -0.2) is 4.39 Å². The molecule has 0 aliphatic heterocycles. The van der Waals surface area contributed by atoms with Gasteiger partial charge in [-0.2, -0.15) is 0 Å². The van der Waals surface area contributed by atoms with Crippen molar-refractivity contribution in [3.63, 3.8) is 0 Å². The van der Waals surface area contributed by atoms with Gasteiger partial charge in [0.25, 0.3) is 0 Å². The predicted octanol–water partition coefficient (Wildman–Crippen LogP) is 7.83. The highest BCUT2D eigenvalue weighted by molar-refractivity contribution is 7.15. The van der Waals surface area contributed by atoms with Crippen LogP contribution in [0.15, 0.2) is 54.6 Å². The minimum Gasteiger partial charge on any atom is -0.206 e. The molecule has 0 nitrogen and oxygen atoms in total. The molecule has 2 aromatic carbocycles. The lowest BCUT2D eigenvalue weighted by molar-refractivity contribution is 0.420. The molecule has 2 saturated carbocycles. The van der Waals surface area contributed by atoms with Gasteiger partial charge in [0, 0.05) is 15.3 Å². The molecule has 0 radical (unpaired) electrons. The summed E-state index contributed by atoms with van der Waals surface area (Å²) in [6, 6.07) is 18.7. The van der Waals surface area contributed by atoms with E-state index in [-0.39, 0.29) is 5.82 Å². The number of hydrogen-bond acceptors (Lipinski definition) is 1. The van der Waals surface area contributed by atoms with Crippen molar-refractivity contribution in [2.75, 3.05) is 0 Å². The molecule has 27 heavy (non-hydrogen) atoms. The maximum Gasteiger partial charge on any atom is 0.132 e. The van der Waals surface area contributed by atoms with Crippen LogP contribution in [0, 0.1) is 11.7 Å². The van der Waals surface area contributed by atoms with Crippen LogP contribution in [0.2, 0.25) is 0 Å². The summed E-state index contributed by atoms with van der Waals surface area (Å²) in [4.78, 5) is 2.43. The van der Waals surface area contributed by atoms with Gasteiger partial charge in [-0.15, -0.1) is 11.3 Å². The van der Waals surface area contributed by atoms with Crippen LogP contribution in [0.4, 0.5) is 4.39 Å². The van der Waals surface area contributed by atoms with Gasteiger partial charge in [0.1, 0.15) is 5.82 Å². The van der Waals surface area contributed by atoms with E-state index in [1.54, 1.807) is 17.4 Å². The summed E-state index contributed by atoms with van der Waals surface area (Å²) >= 11 is 1.75. The Bertz CT molecular complexity index is 929. The molecule has 2 heteroatoms. The molecular formula is C25H25FS. The third kappa shape index (κ3) is 3.73. The van der Waals surface area contributed by atoms with Crippen LogP contribution >= 0.6 is 11.3 Å². The summed E-state index contributed by atoms with van der Waals surface area (Å²) in [5, 5.41) is 0. The highest BCUT2D eigenvalue weighted by atomic mass is 32.1. The van der Waals surface area contributed by atoms with Crippen LogP contribution in [-0.4, -0.2) is 0 Å². The first-order chi connectivity index (χ1) is 13.3. The fourth-order valence-corrected chi connectivity index (χ4v) is 5.04. The van der Waals surface area contributed by atoms with Crippen LogP contribution < -0.4 is 0 Å². The normalized spacial score (nSPS) is 17.1. The van der Waals surface area contributed by atoms with Gasteiger partial charge in [0.2, 0.25) is 0 Å². The number of thiophene rings is 1. The molecule has 0 spiro atoms. The lowest BCUT2D eigenvalue weighted by Crippen LogP contribution is -2.08. The number of halogens is 1. The largest absolute Gasteiger partial charge is 0.206 e. The van der Waals surface area contributed by atoms with E-state index in [0.29, 0.717) is 0 Å². The second-order valence-electron chi connectivity index (χ2n) is 8.19. The van der Waals surface area contributed by atoms with Crippen LogP contribution in [-0.2, 0) is 6.42 Å². The van der Waals surface area contributed by atoms with Gasteiger partial charge in [-0.1, -0.05) is 49.6 Å². The molecule has 1 heterocycles. The molecule has 3 aromatic rings. The van der Waals surface area contributed by atoms with Crippen LogP contribution in [0.3, 0.4) is 0 Å². The Kier molecular flexibility index (Phi) is 4.61. The summed E-state index contributed by atoms with van der Waals surface area (Å²) in [6.07, 6.45) is 9.20. The summed E-state index contributed by atoms with van der Waals surface area (Å²) in [6.45, 7) is 0. The van der Waals surface area contributed by atoms with Crippen molar-refractivity contribution in [3.05, 3.63) is 70.9 Å². The van der Waals surface area contributed by atoms with Gasteiger partial charge < -0.3 is 0 Å². The quantitative estimate of drug-likeness (QED) is 0.411. The molecule has 2 aliphatic rings. The van der Waals surface area contributed by atoms with Crippen LogP contribution in [0.5, 0.6) is 0 Å². The maximum atomic E-state index is 14.8. The Morgan fingerprint density at radius 2 is 1.63 bits per heavy atom. The average Bonchev–Trinajstić information content (AvgIpc) is 3.36. The first kappa shape index (κ1) is 17.2. The van der Waals surface area contributed by atoms with Gasteiger partial charge >= 0.3 is 0 Å². The smallest absolute Gasteiger partial charge is 0.132 e. The Morgan fingerprint density at radius 3 is 2.30 bits per heavy atom. The SMILES string of the molecule is Fc1cc(-c2ccc(C3CCC3)cc2)ccc1-c1ccc(CCC2CC2)s1. The van der Waals surface area contributed by atoms with E-state index in [9.17, 15) is 4.39 Å². The summed E-state index contributed by atoms with van der Waals surface area (Å²) < 4.78 is 14.8. The zero-order valence-corrected chi connectivity index (χ0v) is 16.4. The monoisotopic (exact) mass is 376 g/mol. The lowest BCUT2D eigenvalue weighted by Gasteiger charge is -2.25. The van der Waals surface area contributed by atoms with Gasteiger partial charge in [0.05, 0.1) is 0 Å². The van der Waals surface area contributed by atoms with Crippen molar-refractivity contribution >= 4 is 11.3 Å². The summed E-state index contributed by atoms with van der Waals surface area (Å²) in [5.74, 6) is 1.57. The maximum absolute atomic E-state index is 14.8. The number of aryl methyl sites for hydroxylation is 1. The molecule has 5 rings (SSSR count). The van der Waals surface area contributed by atoms with Crippen molar-refractivity contribution < 1.29 is 4.39 Å². The Morgan fingerprint density at radius 1 is 0.852 bits per heavy atom. The zero-order valence-electron chi connectivity index (χ0n) is 15.6. The van der Waals surface area contributed by atoms with E-state index >= 15 is 0 Å². The fraction of sp³-hybridized carbons (Fsp3) is 0.360. The van der Waals surface area contributed by atoms with E-state index in [2.05, 4.69) is 42.5 Å². The number of rotatable bonds is 6. The average molecular weight is 377 g/mol. The molecule has 2 aliphatic carbocycles. The standard InChI is InChI=1S/C25H25FS/c26-24-16-21(20-9-7-19(8-10-20)18-2-1-3-18)11-14-23(24)25-15-13-22(27-25)12-6-17-4-5-17/h7-11,13-18H,1-6,12H2. The van der Waals surface area contributed by atoms with Crippen molar-refractivity contribution in [2.45, 2.75) is 50.9 Å². The fourth-order valence-electron chi connectivity index (χ4n) is 3.99. The Balaban J connectivity index is 1.33. The second-order valence-corrected chi connectivity index (χ2v) is 9.36. The van der Waals surface area contributed by atoms with Crippen molar-refractivity contribution in [3.8, 4) is 21.6 Å². The highest BCUT2D eigenvalue weighted by Gasteiger charge is 2.21. The third-order valence-corrected chi connectivity index (χ3v) is 7.39. The molecule has 2 fully saturated rings. The summed E-state index contributed by atoms with van der Waals surface area (Å²) in [7, 11) is 0. The Hall–Kier alpha value is -1.93. The van der Waals surface area contributed by atoms with E-state index in [0.717, 1.165) is 39.8 Å². The first-order valence-corrected chi connectivity index (χ1v) is 11.1. The molecular weight excluding hydrogens is 351 g/mol. The molecule has 0 unspecified atom stereocenters. The zero-order chi connectivity index (χ0) is 18.2. The van der Waals surface area contributed by atoms with Crippen molar-refractivity contribution in [2.24, 2.45) is 5.92 Å². The predicted molar refractivity (Wildman–Crippen MR) is 113 cm³/mol. The Labute approximate surface area is 165 Å². The highest BCUT2D eigenvalue weighted by Crippen LogP contribution is 2.38. The van der Waals surface area contributed by atoms with E-state index in [1.165, 1.54) is 49.0 Å². The molecule has 138 valence electrons. The molecule has 0 amide bonds. The second kappa shape index (κ2) is 7.24. The molecule has 0 saturated heterocycles. The van der Waals surface area contributed by atoms with Gasteiger partial charge in [-0.3, -0.25) is 0 Å². The van der Waals surface area contributed by atoms with Gasteiger partial charge in [0.15, 0.2) is 0 Å². The topological polar surface area (TPSA) is 0 Å². The molecule has 0 N–H and O–H groups in total. The minimum atomic E-state index is -0.119. The van der Waals surface area contributed by atoms with Crippen molar-refractivity contribution in [1.82, 2.24) is 0 Å². The number of benzene rings is 2. The van der Waals surface area contributed by atoms with E-state index < -0.39 is 0 Å². The van der Waals surface area contributed by atoms with E-state index in [4.69, 9.17) is 0 Å². The third-order valence-electron chi connectivity index (χ3n) is 6.21. The van der Waals surface area contributed by atoms with E-state index in [1.807, 2.05) is 6.07 Å². The minimum absolute atomic E-state index is 0.119. The molecule has 0 bridgehead atoms. The molecule has 1 aromatic heterocycles.